The van der Waals surface area contributed by atoms with Gasteiger partial charge in [-0.15, -0.1) is 0 Å². The lowest BCUT2D eigenvalue weighted by molar-refractivity contribution is -0.115. The van der Waals surface area contributed by atoms with Crippen LogP contribution >= 0.6 is 11.7 Å². The molecule has 0 atom stereocenters. The van der Waals surface area contributed by atoms with E-state index in [0.717, 1.165) is 23.1 Å². The number of pyridine rings is 1. The maximum atomic E-state index is 12.3. The molecule has 2 aromatic heterocycles. The number of carbonyl (C=O) groups excluding carboxylic acids is 2. The summed E-state index contributed by atoms with van der Waals surface area (Å²) >= 11 is 1.09. The average Bonchev–Trinajstić information content (AvgIpc) is 3.23. The van der Waals surface area contributed by atoms with E-state index in [1.165, 1.54) is 0 Å². The normalized spacial score (nSPS) is 14.1. The zero-order valence-corrected chi connectivity index (χ0v) is 15.9. The van der Waals surface area contributed by atoms with Crippen molar-refractivity contribution < 1.29 is 9.59 Å². The molecular formula is C18H19N7O2S. The van der Waals surface area contributed by atoms with Gasteiger partial charge in [-0.25, -0.2) is 9.78 Å². The number of rotatable bonds is 4. The molecule has 2 N–H and O–H groups in total. The fraction of sp³-hybridized carbons (Fsp3) is 0.278. The van der Waals surface area contributed by atoms with Crippen LogP contribution in [-0.4, -0.2) is 63.3 Å². The van der Waals surface area contributed by atoms with Crippen molar-refractivity contribution in [2.24, 2.45) is 0 Å². The quantitative estimate of drug-likeness (QED) is 0.692. The second-order valence-corrected chi connectivity index (χ2v) is 6.83. The monoisotopic (exact) mass is 397 g/mol. The van der Waals surface area contributed by atoms with Gasteiger partial charge in [-0.2, -0.15) is 8.75 Å². The number of hydrogen-bond acceptors (Lipinski definition) is 7. The molecule has 0 unspecified atom stereocenters. The van der Waals surface area contributed by atoms with Crippen molar-refractivity contribution in [3.05, 3.63) is 42.6 Å². The number of nitrogens with one attached hydrogen (secondary N) is 2. The second kappa shape index (κ2) is 8.17. The van der Waals surface area contributed by atoms with Gasteiger partial charge in [0.25, 0.3) is 0 Å². The van der Waals surface area contributed by atoms with Gasteiger partial charge in [0.1, 0.15) is 16.9 Å². The number of urea groups is 1. The van der Waals surface area contributed by atoms with Gasteiger partial charge >= 0.3 is 6.03 Å². The Labute approximate surface area is 165 Å². The summed E-state index contributed by atoms with van der Waals surface area (Å²) < 4.78 is 8.33. The third-order valence-electron chi connectivity index (χ3n) is 4.50. The first-order valence-electron chi connectivity index (χ1n) is 8.90. The summed E-state index contributed by atoms with van der Waals surface area (Å²) in [4.78, 5) is 32.7. The molecule has 1 aliphatic heterocycles. The Kier molecular flexibility index (Phi) is 5.29. The molecule has 28 heavy (non-hydrogen) atoms. The molecule has 0 spiro atoms. The number of anilines is 2. The van der Waals surface area contributed by atoms with Crippen molar-refractivity contribution in [1.29, 1.82) is 0 Å². The maximum Gasteiger partial charge on any atom is 0.317 e. The van der Waals surface area contributed by atoms with Crippen LogP contribution in [0.4, 0.5) is 16.3 Å². The third-order valence-corrected chi connectivity index (χ3v) is 5.04. The molecular weight excluding hydrogens is 378 g/mol. The Balaban J connectivity index is 1.25. The van der Waals surface area contributed by atoms with E-state index in [4.69, 9.17) is 0 Å². The van der Waals surface area contributed by atoms with E-state index in [9.17, 15) is 9.59 Å². The first-order chi connectivity index (χ1) is 13.7. The molecule has 144 valence electrons. The first kappa shape index (κ1) is 18.1. The van der Waals surface area contributed by atoms with E-state index in [1.807, 2.05) is 24.3 Å². The molecule has 3 amide bonds. The van der Waals surface area contributed by atoms with Gasteiger partial charge in [0.05, 0.1) is 24.0 Å². The Morgan fingerprint density at radius 3 is 2.68 bits per heavy atom. The number of hydrogen-bond donors (Lipinski definition) is 2. The lowest BCUT2D eigenvalue weighted by Crippen LogP contribution is -2.52. The van der Waals surface area contributed by atoms with Gasteiger partial charge < -0.3 is 20.4 Å². The minimum Gasteiger partial charge on any atom is -0.353 e. The first-order valence-corrected chi connectivity index (χ1v) is 9.63. The molecule has 1 aliphatic rings. The van der Waals surface area contributed by atoms with Crippen molar-refractivity contribution in [3.8, 4) is 0 Å². The van der Waals surface area contributed by atoms with Crippen LogP contribution in [0.15, 0.2) is 42.6 Å². The van der Waals surface area contributed by atoms with E-state index in [-0.39, 0.29) is 18.5 Å². The van der Waals surface area contributed by atoms with Crippen LogP contribution in [0.2, 0.25) is 0 Å². The second-order valence-electron chi connectivity index (χ2n) is 6.31. The van der Waals surface area contributed by atoms with Gasteiger partial charge in [0.2, 0.25) is 5.91 Å². The molecule has 0 saturated carbocycles. The molecule has 1 fully saturated rings. The smallest absolute Gasteiger partial charge is 0.317 e. The molecule has 10 heteroatoms. The van der Waals surface area contributed by atoms with Crippen LogP contribution in [-0.2, 0) is 4.79 Å². The number of nitrogens with zero attached hydrogens (tertiary/aromatic N) is 5. The lowest BCUT2D eigenvalue weighted by atomic mass is 10.2. The van der Waals surface area contributed by atoms with Crippen LogP contribution in [0, 0.1) is 0 Å². The summed E-state index contributed by atoms with van der Waals surface area (Å²) in [5, 5.41) is 5.45. The van der Waals surface area contributed by atoms with Crippen LogP contribution in [0.3, 0.4) is 0 Å². The Morgan fingerprint density at radius 1 is 1.04 bits per heavy atom. The summed E-state index contributed by atoms with van der Waals surface area (Å²) in [7, 11) is 0. The van der Waals surface area contributed by atoms with Gasteiger partial charge in [-0.05, 0) is 24.3 Å². The predicted octanol–water partition coefficient (Wildman–Crippen LogP) is 1.56. The Bertz CT molecular complexity index is 970. The van der Waals surface area contributed by atoms with Crippen molar-refractivity contribution in [1.82, 2.24) is 23.9 Å². The summed E-state index contributed by atoms with van der Waals surface area (Å²) in [5.41, 5.74) is 1.98. The zero-order valence-electron chi connectivity index (χ0n) is 15.0. The van der Waals surface area contributed by atoms with Crippen LogP contribution in [0.25, 0.3) is 11.0 Å². The summed E-state index contributed by atoms with van der Waals surface area (Å²) in [5.74, 6) is 0.605. The minimum absolute atomic E-state index is 0.104. The van der Waals surface area contributed by atoms with E-state index in [2.05, 4.69) is 29.3 Å². The number of aromatic nitrogens is 3. The van der Waals surface area contributed by atoms with Crippen molar-refractivity contribution in [2.75, 3.05) is 42.9 Å². The van der Waals surface area contributed by atoms with E-state index in [1.54, 1.807) is 23.2 Å². The standard InChI is InChI=1S/C18H19N7O2S/c26-16(21-13-4-3-5-14-17(13)23-28-22-14)12-20-18(27)25-10-8-24(9-11-25)15-6-1-2-7-19-15/h1-7H,8-12H2,(H,20,27)(H,21,26). The average molecular weight is 397 g/mol. The highest BCUT2D eigenvalue weighted by Crippen LogP contribution is 2.20. The molecule has 0 aliphatic carbocycles. The molecule has 1 aromatic carbocycles. The minimum atomic E-state index is -0.305. The van der Waals surface area contributed by atoms with Gasteiger partial charge in [-0.1, -0.05) is 12.1 Å². The third kappa shape index (κ3) is 4.01. The molecule has 4 rings (SSSR count). The summed E-state index contributed by atoms with van der Waals surface area (Å²) in [6.45, 7) is 2.46. The predicted molar refractivity (Wildman–Crippen MR) is 107 cm³/mol. The highest BCUT2D eigenvalue weighted by molar-refractivity contribution is 7.00. The zero-order chi connectivity index (χ0) is 19.3. The topological polar surface area (TPSA) is 103 Å². The van der Waals surface area contributed by atoms with Gasteiger partial charge in [0.15, 0.2) is 0 Å². The van der Waals surface area contributed by atoms with E-state index in [0.29, 0.717) is 37.4 Å². The van der Waals surface area contributed by atoms with Crippen molar-refractivity contribution in [2.45, 2.75) is 0 Å². The molecule has 3 heterocycles. The largest absolute Gasteiger partial charge is 0.353 e. The molecule has 3 aromatic rings. The van der Waals surface area contributed by atoms with Crippen LogP contribution in [0.5, 0.6) is 0 Å². The SMILES string of the molecule is O=C(CNC(=O)N1CCN(c2ccccn2)CC1)Nc1cccc2nsnc12. The fourth-order valence-corrected chi connectivity index (χ4v) is 3.60. The van der Waals surface area contributed by atoms with E-state index < -0.39 is 0 Å². The van der Waals surface area contributed by atoms with Crippen molar-refractivity contribution in [3.63, 3.8) is 0 Å². The van der Waals surface area contributed by atoms with Crippen LogP contribution in [0.1, 0.15) is 0 Å². The molecule has 9 nitrogen and oxygen atoms in total. The van der Waals surface area contributed by atoms with Gasteiger partial charge in [-0.3, -0.25) is 4.79 Å². The number of piperazine rings is 1. The summed E-state index contributed by atoms with van der Waals surface area (Å²) in [6, 6.07) is 10.9. The highest BCUT2D eigenvalue weighted by Gasteiger charge is 2.22. The number of benzene rings is 1. The number of carbonyl (C=O) groups is 2. The maximum absolute atomic E-state index is 12.3. The molecule has 0 bridgehead atoms. The Morgan fingerprint density at radius 2 is 1.89 bits per heavy atom. The summed E-state index contributed by atoms with van der Waals surface area (Å²) in [6.07, 6.45) is 1.76. The van der Waals surface area contributed by atoms with Crippen molar-refractivity contribution >= 4 is 46.2 Å². The molecule has 0 radical (unpaired) electrons. The van der Waals surface area contributed by atoms with Gasteiger partial charge in [0, 0.05) is 32.4 Å². The van der Waals surface area contributed by atoms with E-state index >= 15 is 0 Å². The highest BCUT2D eigenvalue weighted by atomic mass is 32.1. The fourth-order valence-electron chi connectivity index (χ4n) is 3.05. The number of fused-ring (bicyclic) bond motifs is 1. The lowest BCUT2D eigenvalue weighted by Gasteiger charge is -2.35. The number of amides is 3. The Hall–Kier alpha value is -3.27. The van der Waals surface area contributed by atoms with Crippen LogP contribution < -0.4 is 15.5 Å². The molecule has 1 saturated heterocycles.